The first-order chi connectivity index (χ1) is 16.3. The first kappa shape index (κ1) is 22.1. The summed E-state index contributed by atoms with van der Waals surface area (Å²) < 4.78 is 59.1. The summed E-state index contributed by atoms with van der Waals surface area (Å²) in [6.07, 6.45) is 4.20. The van der Waals surface area contributed by atoms with Crippen molar-refractivity contribution in [3.63, 3.8) is 0 Å². The second-order valence-electron chi connectivity index (χ2n) is 7.42. The monoisotopic (exact) mass is 498 g/mol. The van der Waals surface area contributed by atoms with Gasteiger partial charge in [-0.05, 0) is 42.0 Å². The second kappa shape index (κ2) is 8.58. The zero-order valence-corrected chi connectivity index (χ0v) is 19.3. The molecule has 3 heterocycles. The van der Waals surface area contributed by atoms with Gasteiger partial charge in [-0.1, -0.05) is 12.1 Å². The Morgan fingerprint density at radius 1 is 1.06 bits per heavy atom. The predicted molar refractivity (Wildman–Crippen MR) is 123 cm³/mol. The predicted octanol–water partition coefficient (Wildman–Crippen LogP) is 4.78. The molecule has 0 spiro atoms. The van der Waals surface area contributed by atoms with Crippen LogP contribution >= 0.6 is 11.3 Å². The Morgan fingerprint density at radius 2 is 1.85 bits per heavy atom. The van der Waals surface area contributed by atoms with Gasteiger partial charge in [0.2, 0.25) is 15.0 Å². The zero-order chi connectivity index (χ0) is 23.9. The van der Waals surface area contributed by atoms with E-state index in [1.165, 1.54) is 41.8 Å². The van der Waals surface area contributed by atoms with E-state index in [1.807, 2.05) is 5.38 Å². The Balaban J connectivity index is 1.57. The Hall–Kier alpha value is -3.70. The van der Waals surface area contributed by atoms with E-state index in [9.17, 15) is 17.2 Å². The molecule has 11 heteroatoms. The number of hydrogen-bond donors (Lipinski definition) is 0. The molecule has 0 aliphatic carbocycles. The number of hydrogen-bond acceptors (Lipinski definition) is 7. The number of nitrogens with zero attached hydrogens (tertiary/aromatic N) is 4. The quantitative estimate of drug-likeness (QED) is 0.313. The summed E-state index contributed by atoms with van der Waals surface area (Å²) in [4.78, 5) is 13.4. The van der Waals surface area contributed by atoms with Crippen LogP contribution in [0.15, 0.2) is 71.5 Å². The molecule has 7 nitrogen and oxygen atoms in total. The van der Waals surface area contributed by atoms with Crippen LogP contribution in [0.3, 0.4) is 0 Å². The van der Waals surface area contributed by atoms with Crippen LogP contribution in [0.4, 0.5) is 8.78 Å². The van der Waals surface area contributed by atoms with E-state index in [-0.39, 0.29) is 23.3 Å². The minimum absolute atomic E-state index is 0.00337. The summed E-state index contributed by atoms with van der Waals surface area (Å²) in [5.74, 6) is -0.925. The molecular formula is C23H16F2N4O3S2. The molecular weight excluding hydrogens is 482 g/mol. The van der Waals surface area contributed by atoms with Crippen LogP contribution in [0.5, 0.6) is 5.75 Å². The molecule has 172 valence electrons. The molecule has 0 amide bonds. The van der Waals surface area contributed by atoms with E-state index in [4.69, 9.17) is 4.74 Å². The van der Waals surface area contributed by atoms with E-state index in [1.54, 1.807) is 34.9 Å². The molecule has 0 unspecified atom stereocenters. The molecule has 0 aliphatic heterocycles. The van der Waals surface area contributed by atoms with Crippen LogP contribution in [0, 0.1) is 11.6 Å². The molecule has 3 aromatic heterocycles. The second-order valence-corrected chi connectivity index (χ2v) is 10.2. The summed E-state index contributed by atoms with van der Waals surface area (Å²) in [5.41, 5.74) is 2.62. The SMILES string of the molecule is CS(=O)(=O)c1nccc(-c2c(-c3ccc(F)c(OCc4ccc(F)cc4)c3)nc3sccn23)n1. The van der Waals surface area contributed by atoms with Crippen LogP contribution < -0.4 is 4.74 Å². The number of rotatable bonds is 6. The lowest BCUT2D eigenvalue weighted by Gasteiger charge is -2.10. The summed E-state index contributed by atoms with van der Waals surface area (Å²) in [5, 5.41) is 1.54. The Bertz CT molecular complexity index is 1610. The van der Waals surface area contributed by atoms with Crippen molar-refractivity contribution >= 4 is 26.1 Å². The number of ether oxygens (including phenoxy) is 1. The lowest BCUT2D eigenvalue weighted by molar-refractivity contribution is 0.290. The van der Waals surface area contributed by atoms with E-state index in [2.05, 4.69) is 15.0 Å². The highest BCUT2D eigenvalue weighted by Crippen LogP contribution is 2.35. The minimum Gasteiger partial charge on any atom is -0.486 e. The smallest absolute Gasteiger partial charge is 0.247 e. The first-order valence-electron chi connectivity index (χ1n) is 9.96. The molecule has 0 bridgehead atoms. The first-order valence-corrected chi connectivity index (χ1v) is 12.7. The molecule has 34 heavy (non-hydrogen) atoms. The zero-order valence-electron chi connectivity index (χ0n) is 17.6. The number of aromatic nitrogens is 4. The van der Waals surface area contributed by atoms with Gasteiger partial charge in [0.25, 0.3) is 0 Å². The highest BCUT2D eigenvalue weighted by molar-refractivity contribution is 7.90. The van der Waals surface area contributed by atoms with Gasteiger partial charge in [-0.2, -0.15) is 0 Å². The molecule has 0 atom stereocenters. The lowest BCUT2D eigenvalue weighted by Crippen LogP contribution is -2.05. The normalized spacial score (nSPS) is 11.7. The third kappa shape index (κ3) is 4.27. The maximum atomic E-state index is 14.5. The Kier molecular flexibility index (Phi) is 5.58. The van der Waals surface area contributed by atoms with Crippen molar-refractivity contribution in [2.24, 2.45) is 0 Å². The fourth-order valence-electron chi connectivity index (χ4n) is 3.39. The van der Waals surface area contributed by atoms with Gasteiger partial charge in [0.1, 0.15) is 18.1 Å². The molecule has 2 aromatic carbocycles. The Labute approximate surface area is 197 Å². The van der Waals surface area contributed by atoms with Crippen LogP contribution in [0.25, 0.3) is 27.6 Å². The van der Waals surface area contributed by atoms with E-state index in [0.717, 1.165) is 6.26 Å². The summed E-state index contributed by atoms with van der Waals surface area (Å²) >= 11 is 1.39. The highest BCUT2D eigenvalue weighted by Gasteiger charge is 2.21. The van der Waals surface area contributed by atoms with Gasteiger partial charge in [-0.3, -0.25) is 4.40 Å². The average molecular weight is 499 g/mol. The van der Waals surface area contributed by atoms with Crippen molar-refractivity contribution in [1.82, 2.24) is 19.4 Å². The van der Waals surface area contributed by atoms with Crippen molar-refractivity contribution in [1.29, 1.82) is 0 Å². The number of fused-ring (bicyclic) bond motifs is 1. The third-order valence-electron chi connectivity index (χ3n) is 4.98. The maximum Gasteiger partial charge on any atom is 0.247 e. The molecule has 0 radical (unpaired) electrons. The van der Waals surface area contributed by atoms with E-state index in [0.29, 0.717) is 33.2 Å². The number of thiazole rings is 1. The van der Waals surface area contributed by atoms with Gasteiger partial charge < -0.3 is 4.74 Å². The molecule has 0 fully saturated rings. The minimum atomic E-state index is -3.62. The third-order valence-corrected chi connectivity index (χ3v) is 6.60. The van der Waals surface area contributed by atoms with Gasteiger partial charge in [0, 0.05) is 29.6 Å². The molecule has 5 aromatic rings. The molecule has 5 rings (SSSR count). The molecule has 0 saturated heterocycles. The van der Waals surface area contributed by atoms with Crippen molar-refractivity contribution < 1.29 is 21.9 Å². The van der Waals surface area contributed by atoms with Crippen molar-refractivity contribution in [3.05, 3.63) is 83.5 Å². The number of halogens is 2. The molecule has 0 aliphatic rings. The largest absolute Gasteiger partial charge is 0.486 e. The average Bonchev–Trinajstić information content (AvgIpc) is 3.40. The van der Waals surface area contributed by atoms with E-state index < -0.39 is 15.7 Å². The van der Waals surface area contributed by atoms with Crippen LogP contribution in [-0.4, -0.2) is 34.0 Å². The van der Waals surface area contributed by atoms with Crippen molar-refractivity contribution in [2.75, 3.05) is 6.26 Å². The lowest BCUT2D eigenvalue weighted by atomic mass is 10.1. The molecule has 0 saturated carbocycles. The maximum absolute atomic E-state index is 14.5. The van der Waals surface area contributed by atoms with Gasteiger partial charge in [0.05, 0.1) is 11.4 Å². The van der Waals surface area contributed by atoms with E-state index >= 15 is 0 Å². The fraction of sp³-hybridized carbons (Fsp3) is 0.0870. The topological polar surface area (TPSA) is 86.5 Å². The summed E-state index contributed by atoms with van der Waals surface area (Å²) in [6, 6.07) is 11.7. The van der Waals surface area contributed by atoms with Gasteiger partial charge in [-0.25, -0.2) is 32.2 Å². The van der Waals surface area contributed by atoms with Gasteiger partial charge in [0.15, 0.2) is 16.5 Å². The van der Waals surface area contributed by atoms with Crippen LogP contribution in [0.2, 0.25) is 0 Å². The summed E-state index contributed by atoms with van der Waals surface area (Å²) in [7, 11) is -3.62. The number of imidazole rings is 1. The highest BCUT2D eigenvalue weighted by atomic mass is 32.2. The van der Waals surface area contributed by atoms with Crippen LogP contribution in [-0.2, 0) is 16.4 Å². The van der Waals surface area contributed by atoms with Crippen molar-refractivity contribution in [2.45, 2.75) is 11.8 Å². The fourth-order valence-corrected chi connectivity index (χ4v) is 4.62. The Morgan fingerprint density at radius 3 is 2.62 bits per heavy atom. The standard InChI is InChI=1S/C23H16F2N4O3S2/c1-34(30,31)22-26-9-8-18(27-22)21-20(28-23-29(21)10-11-33-23)15-4-7-17(25)19(12-15)32-13-14-2-5-16(24)6-3-14/h2-12H,13H2,1H3. The number of sulfone groups is 1. The van der Waals surface area contributed by atoms with Crippen molar-refractivity contribution in [3.8, 4) is 28.4 Å². The molecule has 0 N–H and O–H groups in total. The van der Waals surface area contributed by atoms with Crippen LogP contribution in [0.1, 0.15) is 5.56 Å². The van der Waals surface area contributed by atoms with Gasteiger partial charge in [-0.15, -0.1) is 11.3 Å². The number of benzene rings is 2. The summed E-state index contributed by atoms with van der Waals surface area (Å²) in [6.45, 7) is 0.0510. The van der Waals surface area contributed by atoms with Gasteiger partial charge >= 0.3 is 0 Å².